The van der Waals surface area contributed by atoms with E-state index < -0.39 is 0 Å². The van der Waals surface area contributed by atoms with Gasteiger partial charge >= 0.3 is 0 Å². The van der Waals surface area contributed by atoms with Crippen LogP contribution in [0.5, 0.6) is 5.75 Å². The third-order valence-electron chi connectivity index (χ3n) is 5.25. The molecule has 2 aliphatic heterocycles. The number of thiazole rings is 1. The Labute approximate surface area is 161 Å². The first-order valence-corrected chi connectivity index (χ1v) is 10.1. The maximum absolute atomic E-state index is 12.8. The van der Waals surface area contributed by atoms with Gasteiger partial charge in [-0.1, -0.05) is 13.0 Å². The van der Waals surface area contributed by atoms with Gasteiger partial charge in [-0.3, -0.25) is 9.89 Å². The predicted molar refractivity (Wildman–Crippen MR) is 104 cm³/mol. The lowest BCUT2D eigenvalue weighted by Gasteiger charge is -2.13. The molecule has 1 atom stereocenters. The highest BCUT2D eigenvalue weighted by atomic mass is 32.1. The Morgan fingerprint density at radius 2 is 2.30 bits per heavy atom. The minimum Gasteiger partial charge on any atom is -0.492 e. The van der Waals surface area contributed by atoms with Crippen LogP contribution >= 0.6 is 11.3 Å². The number of carbonyl (C=O) groups is 1. The average molecular weight is 380 g/mol. The molecule has 27 heavy (non-hydrogen) atoms. The van der Waals surface area contributed by atoms with Crippen molar-refractivity contribution in [3.8, 4) is 28.1 Å². The van der Waals surface area contributed by atoms with E-state index in [9.17, 15) is 4.79 Å². The number of rotatable bonds is 2. The van der Waals surface area contributed by atoms with E-state index in [-0.39, 0.29) is 5.91 Å². The molecule has 7 heteroatoms. The van der Waals surface area contributed by atoms with E-state index in [4.69, 9.17) is 9.72 Å². The molecule has 0 radical (unpaired) electrons. The molecule has 1 amide bonds. The number of hydrogen-bond acceptors (Lipinski definition) is 5. The number of carbonyl (C=O) groups excluding carboxylic acids is 1. The molecule has 0 spiro atoms. The summed E-state index contributed by atoms with van der Waals surface area (Å²) in [7, 11) is 0. The fraction of sp³-hybridized carbons (Fsp3) is 0.350. The summed E-state index contributed by atoms with van der Waals surface area (Å²) in [5.74, 6) is 1.45. The Balaban J connectivity index is 1.51. The van der Waals surface area contributed by atoms with Gasteiger partial charge in [-0.15, -0.1) is 11.3 Å². The molecule has 1 unspecified atom stereocenters. The van der Waals surface area contributed by atoms with Crippen LogP contribution in [-0.4, -0.2) is 45.7 Å². The standard InChI is InChI=1S/C20H20N4O2S/c1-12-4-6-24(11-12)20(25)19-23-18-15-3-2-13(14-9-21-22-10-14)8-16(15)26-7-5-17(18)27-19/h2-3,8-10,12H,4-7,11H2,1H3,(H,21,22). The van der Waals surface area contributed by atoms with Gasteiger partial charge in [0.2, 0.25) is 0 Å². The van der Waals surface area contributed by atoms with Crippen molar-refractivity contribution in [2.45, 2.75) is 19.8 Å². The Morgan fingerprint density at radius 1 is 1.37 bits per heavy atom. The number of nitrogens with one attached hydrogen (secondary N) is 1. The molecule has 2 aliphatic rings. The van der Waals surface area contributed by atoms with E-state index in [0.29, 0.717) is 17.5 Å². The number of ether oxygens (including phenoxy) is 1. The van der Waals surface area contributed by atoms with Crippen molar-refractivity contribution in [3.63, 3.8) is 0 Å². The molecule has 2 aromatic heterocycles. The molecule has 0 bridgehead atoms. The van der Waals surface area contributed by atoms with Crippen molar-refractivity contribution in [1.82, 2.24) is 20.1 Å². The van der Waals surface area contributed by atoms with Gasteiger partial charge in [0, 0.05) is 41.7 Å². The molecule has 0 aliphatic carbocycles. The summed E-state index contributed by atoms with van der Waals surface area (Å²) >= 11 is 1.51. The molecule has 138 valence electrons. The molecule has 1 fully saturated rings. The van der Waals surface area contributed by atoms with Crippen LogP contribution in [0.2, 0.25) is 0 Å². The van der Waals surface area contributed by atoms with E-state index >= 15 is 0 Å². The van der Waals surface area contributed by atoms with E-state index in [2.05, 4.69) is 17.1 Å². The summed E-state index contributed by atoms with van der Waals surface area (Å²) in [4.78, 5) is 20.7. The second-order valence-corrected chi connectivity index (χ2v) is 8.32. The molecular weight excluding hydrogens is 360 g/mol. The first kappa shape index (κ1) is 16.5. The van der Waals surface area contributed by atoms with Gasteiger partial charge in [0.1, 0.15) is 5.75 Å². The summed E-state index contributed by atoms with van der Waals surface area (Å²) in [5, 5.41) is 7.45. The van der Waals surface area contributed by atoms with Crippen molar-refractivity contribution in [3.05, 3.63) is 40.5 Å². The molecule has 0 saturated carbocycles. The maximum Gasteiger partial charge on any atom is 0.282 e. The zero-order valence-electron chi connectivity index (χ0n) is 15.1. The van der Waals surface area contributed by atoms with Crippen molar-refractivity contribution < 1.29 is 9.53 Å². The number of aromatic amines is 1. The highest BCUT2D eigenvalue weighted by molar-refractivity contribution is 7.14. The van der Waals surface area contributed by atoms with Gasteiger partial charge in [-0.05, 0) is 30.0 Å². The zero-order valence-corrected chi connectivity index (χ0v) is 15.9. The minimum atomic E-state index is 0.0647. The second kappa shape index (κ2) is 6.49. The number of amides is 1. The van der Waals surface area contributed by atoms with Gasteiger partial charge < -0.3 is 9.64 Å². The number of aromatic nitrogens is 3. The second-order valence-electron chi connectivity index (χ2n) is 7.23. The fourth-order valence-electron chi connectivity index (χ4n) is 3.76. The molecule has 1 saturated heterocycles. The van der Waals surface area contributed by atoms with Crippen molar-refractivity contribution >= 4 is 17.2 Å². The number of H-pyrrole nitrogens is 1. The number of benzene rings is 1. The lowest BCUT2D eigenvalue weighted by Crippen LogP contribution is -2.28. The predicted octanol–water partition coefficient (Wildman–Crippen LogP) is 3.62. The molecular formula is C20H20N4O2S. The largest absolute Gasteiger partial charge is 0.492 e. The third-order valence-corrected chi connectivity index (χ3v) is 6.35. The Kier molecular flexibility index (Phi) is 3.97. The molecule has 1 aromatic carbocycles. The van der Waals surface area contributed by atoms with Crippen molar-refractivity contribution in [1.29, 1.82) is 0 Å². The summed E-state index contributed by atoms with van der Waals surface area (Å²) < 4.78 is 5.98. The molecule has 6 nitrogen and oxygen atoms in total. The van der Waals surface area contributed by atoms with Crippen LogP contribution in [0.25, 0.3) is 22.4 Å². The number of fused-ring (bicyclic) bond motifs is 3. The summed E-state index contributed by atoms with van der Waals surface area (Å²) in [6.45, 7) is 4.44. The monoisotopic (exact) mass is 380 g/mol. The van der Waals surface area contributed by atoms with Gasteiger partial charge in [-0.2, -0.15) is 5.10 Å². The van der Waals surface area contributed by atoms with Crippen LogP contribution in [0.3, 0.4) is 0 Å². The fourth-order valence-corrected chi connectivity index (χ4v) is 4.78. The van der Waals surface area contributed by atoms with Crippen molar-refractivity contribution in [2.24, 2.45) is 5.92 Å². The van der Waals surface area contributed by atoms with Crippen LogP contribution in [0.1, 0.15) is 28.0 Å². The number of nitrogens with zero attached hydrogens (tertiary/aromatic N) is 3. The van der Waals surface area contributed by atoms with E-state index in [1.807, 2.05) is 29.3 Å². The van der Waals surface area contributed by atoms with Gasteiger partial charge in [0.25, 0.3) is 5.91 Å². The van der Waals surface area contributed by atoms with E-state index in [0.717, 1.165) is 58.9 Å². The molecule has 4 heterocycles. The summed E-state index contributed by atoms with van der Waals surface area (Å²) in [5.41, 5.74) is 3.91. The average Bonchev–Trinajstić information content (AvgIpc) is 3.41. The van der Waals surface area contributed by atoms with Crippen molar-refractivity contribution in [2.75, 3.05) is 19.7 Å². The van der Waals surface area contributed by atoms with E-state index in [1.165, 1.54) is 11.3 Å². The normalized spacial score (nSPS) is 18.6. The summed E-state index contributed by atoms with van der Waals surface area (Å²) in [6, 6.07) is 6.11. The molecule has 3 aromatic rings. The van der Waals surface area contributed by atoms with Crippen LogP contribution in [-0.2, 0) is 6.42 Å². The Hall–Kier alpha value is -2.67. The SMILES string of the molecule is CC1CCN(C(=O)c2nc3c(s2)CCOc2cc(-c4cn[nH]c4)ccc2-3)C1. The van der Waals surface area contributed by atoms with Crippen LogP contribution in [0.4, 0.5) is 0 Å². The molecule has 1 N–H and O–H groups in total. The highest BCUT2D eigenvalue weighted by Crippen LogP contribution is 2.40. The first-order valence-electron chi connectivity index (χ1n) is 9.24. The number of hydrogen-bond donors (Lipinski definition) is 1. The van der Waals surface area contributed by atoms with Crippen LogP contribution in [0.15, 0.2) is 30.6 Å². The maximum atomic E-state index is 12.8. The minimum absolute atomic E-state index is 0.0647. The zero-order chi connectivity index (χ0) is 18.4. The topological polar surface area (TPSA) is 71.1 Å². The van der Waals surface area contributed by atoms with Gasteiger partial charge in [0.15, 0.2) is 5.01 Å². The first-order chi connectivity index (χ1) is 13.2. The molecule has 5 rings (SSSR count). The van der Waals surface area contributed by atoms with E-state index in [1.54, 1.807) is 6.20 Å². The summed E-state index contributed by atoms with van der Waals surface area (Å²) in [6.07, 6.45) is 5.50. The lowest BCUT2D eigenvalue weighted by atomic mass is 10.0. The third kappa shape index (κ3) is 2.92. The smallest absolute Gasteiger partial charge is 0.282 e. The van der Waals surface area contributed by atoms with Crippen LogP contribution < -0.4 is 4.74 Å². The Morgan fingerprint density at radius 3 is 3.07 bits per heavy atom. The Bertz CT molecular complexity index is 996. The highest BCUT2D eigenvalue weighted by Gasteiger charge is 2.29. The lowest BCUT2D eigenvalue weighted by molar-refractivity contribution is 0.0788. The number of likely N-dealkylation sites (tertiary alicyclic amines) is 1. The van der Waals surface area contributed by atoms with Gasteiger partial charge in [0.05, 0.1) is 18.5 Å². The quantitative estimate of drug-likeness (QED) is 0.737. The van der Waals surface area contributed by atoms with Crippen LogP contribution in [0, 0.1) is 5.92 Å². The van der Waals surface area contributed by atoms with Gasteiger partial charge in [-0.25, -0.2) is 4.98 Å².